The molecule has 0 saturated carbocycles. The van der Waals surface area contributed by atoms with Crippen LogP contribution in [0.25, 0.3) is 11.0 Å². The molecule has 0 unspecified atom stereocenters. The fourth-order valence-electron chi connectivity index (χ4n) is 2.31. The molecule has 0 aliphatic carbocycles. The second-order valence-corrected chi connectivity index (χ2v) is 6.38. The van der Waals surface area contributed by atoms with Gasteiger partial charge in [0.05, 0.1) is 13.2 Å². The lowest BCUT2D eigenvalue weighted by Crippen LogP contribution is -2.19. The average Bonchev–Trinajstić information content (AvgIpc) is 2.75. The van der Waals surface area contributed by atoms with Crippen LogP contribution < -0.4 is 5.32 Å². The molecule has 0 radical (unpaired) electrons. The van der Waals surface area contributed by atoms with Crippen LogP contribution in [0.2, 0.25) is 0 Å². The Morgan fingerprint density at radius 2 is 2.10 bits per heavy atom. The minimum absolute atomic E-state index is 0.563. The molecule has 4 heteroatoms. The van der Waals surface area contributed by atoms with E-state index in [4.69, 9.17) is 9.15 Å². The van der Waals surface area contributed by atoms with E-state index in [-0.39, 0.29) is 0 Å². The summed E-state index contributed by atoms with van der Waals surface area (Å²) >= 11 is 3.62. The summed E-state index contributed by atoms with van der Waals surface area (Å²) < 4.78 is 12.5. The monoisotopic (exact) mass is 339 g/mol. The van der Waals surface area contributed by atoms with E-state index >= 15 is 0 Å². The van der Waals surface area contributed by atoms with Crippen LogP contribution in [0.5, 0.6) is 0 Å². The topological polar surface area (TPSA) is 34.4 Å². The third-order valence-electron chi connectivity index (χ3n) is 3.29. The maximum Gasteiger partial charge on any atom is 0.138 e. The first kappa shape index (κ1) is 15.5. The second kappa shape index (κ2) is 6.74. The number of nitrogens with one attached hydrogen (secondary N) is 1. The molecule has 110 valence electrons. The Labute approximate surface area is 128 Å². The van der Waals surface area contributed by atoms with Crippen LogP contribution in [-0.2, 0) is 17.9 Å². The summed E-state index contributed by atoms with van der Waals surface area (Å²) in [5.41, 5.74) is 3.23. The van der Waals surface area contributed by atoms with Crippen LogP contribution in [0.1, 0.15) is 30.7 Å². The van der Waals surface area contributed by atoms with Crippen molar-refractivity contribution in [3.8, 4) is 0 Å². The van der Waals surface area contributed by atoms with Gasteiger partial charge in [-0.05, 0) is 31.0 Å². The maximum atomic E-state index is 6.07. The van der Waals surface area contributed by atoms with Crippen LogP contribution in [0, 0.1) is 12.8 Å². The smallest absolute Gasteiger partial charge is 0.138 e. The predicted molar refractivity (Wildman–Crippen MR) is 85.9 cm³/mol. The van der Waals surface area contributed by atoms with E-state index in [0.717, 1.165) is 45.4 Å². The molecule has 2 aromatic rings. The van der Waals surface area contributed by atoms with Gasteiger partial charge in [0.2, 0.25) is 0 Å². The summed E-state index contributed by atoms with van der Waals surface area (Å²) in [5.74, 6) is 1.59. The van der Waals surface area contributed by atoms with Gasteiger partial charge in [-0.1, -0.05) is 35.8 Å². The molecule has 0 fully saturated rings. The fraction of sp³-hybridized carbons (Fsp3) is 0.500. The first-order chi connectivity index (χ1) is 9.54. The van der Waals surface area contributed by atoms with Crippen LogP contribution in [-0.4, -0.2) is 13.7 Å². The van der Waals surface area contributed by atoms with Gasteiger partial charge in [0, 0.05) is 22.5 Å². The zero-order chi connectivity index (χ0) is 14.7. The lowest BCUT2D eigenvalue weighted by molar-refractivity contribution is 0.183. The Bertz CT molecular complexity index is 590. The molecule has 1 aromatic heterocycles. The number of aryl methyl sites for hydroxylation is 1. The molecular formula is C16H22BrNO2. The highest BCUT2D eigenvalue weighted by atomic mass is 79.9. The number of fused-ring (bicyclic) bond motifs is 1. The van der Waals surface area contributed by atoms with E-state index in [1.807, 2.05) is 0 Å². The van der Waals surface area contributed by atoms with E-state index in [9.17, 15) is 0 Å². The number of hydrogen-bond acceptors (Lipinski definition) is 3. The zero-order valence-corrected chi connectivity index (χ0v) is 14.1. The van der Waals surface area contributed by atoms with Crippen LogP contribution in [0.3, 0.4) is 0 Å². The van der Waals surface area contributed by atoms with Crippen molar-refractivity contribution in [3.05, 3.63) is 33.5 Å². The average molecular weight is 340 g/mol. The molecule has 1 heterocycles. The lowest BCUT2D eigenvalue weighted by Gasteiger charge is -2.07. The maximum absolute atomic E-state index is 6.07. The standard InChI is InChI=1S/C16H22BrNO2/c1-10(2)7-18-8-14-12(9-19-4)15-13(17)6-5-11(3)16(15)20-14/h5-6,10,18H,7-9H2,1-4H3. The summed E-state index contributed by atoms with van der Waals surface area (Å²) in [6, 6.07) is 4.13. The third-order valence-corrected chi connectivity index (χ3v) is 3.95. The van der Waals surface area contributed by atoms with E-state index in [1.54, 1.807) is 7.11 Å². The van der Waals surface area contributed by atoms with Crippen LogP contribution in [0.4, 0.5) is 0 Å². The number of methoxy groups -OCH3 is 1. The minimum atomic E-state index is 0.563. The van der Waals surface area contributed by atoms with E-state index in [2.05, 4.69) is 54.2 Å². The van der Waals surface area contributed by atoms with Crippen molar-refractivity contribution >= 4 is 26.9 Å². The molecular weight excluding hydrogens is 318 g/mol. The van der Waals surface area contributed by atoms with Crippen molar-refractivity contribution in [1.29, 1.82) is 0 Å². The van der Waals surface area contributed by atoms with Gasteiger partial charge in [0.25, 0.3) is 0 Å². The molecule has 0 aliphatic heterocycles. The molecule has 0 aliphatic rings. The Hall–Kier alpha value is -0.840. The zero-order valence-electron chi connectivity index (χ0n) is 12.5. The highest BCUT2D eigenvalue weighted by Gasteiger charge is 2.17. The van der Waals surface area contributed by atoms with Gasteiger partial charge >= 0.3 is 0 Å². The van der Waals surface area contributed by atoms with Crippen LogP contribution in [0.15, 0.2) is 21.0 Å². The first-order valence-corrected chi connectivity index (χ1v) is 7.72. The summed E-state index contributed by atoms with van der Waals surface area (Å²) in [4.78, 5) is 0. The number of furan rings is 1. The van der Waals surface area contributed by atoms with Gasteiger partial charge < -0.3 is 14.5 Å². The van der Waals surface area contributed by atoms with Crippen molar-refractivity contribution in [2.75, 3.05) is 13.7 Å². The Balaban J connectivity index is 2.40. The molecule has 20 heavy (non-hydrogen) atoms. The number of rotatable bonds is 6. The summed E-state index contributed by atoms with van der Waals surface area (Å²) in [7, 11) is 1.72. The van der Waals surface area contributed by atoms with E-state index < -0.39 is 0 Å². The fourth-order valence-corrected chi connectivity index (χ4v) is 2.87. The SMILES string of the molecule is COCc1c(CNCC(C)C)oc2c(C)ccc(Br)c12. The van der Waals surface area contributed by atoms with Gasteiger partial charge in [-0.3, -0.25) is 0 Å². The molecule has 1 aromatic carbocycles. The van der Waals surface area contributed by atoms with Gasteiger partial charge in [-0.25, -0.2) is 0 Å². The summed E-state index contributed by atoms with van der Waals surface area (Å²) in [5, 5.41) is 4.57. The van der Waals surface area contributed by atoms with Crippen LogP contribution >= 0.6 is 15.9 Å². The van der Waals surface area contributed by atoms with Gasteiger partial charge in [-0.15, -0.1) is 0 Å². The Kier molecular flexibility index (Phi) is 5.24. The molecule has 2 rings (SSSR count). The quantitative estimate of drug-likeness (QED) is 0.847. The number of ether oxygens (including phenoxy) is 1. The highest BCUT2D eigenvalue weighted by Crippen LogP contribution is 2.34. The first-order valence-electron chi connectivity index (χ1n) is 6.93. The number of halogens is 1. The third kappa shape index (κ3) is 3.25. The number of hydrogen-bond donors (Lipinski definition) is 1. The minimum Gasteiger partial charge on any atom is -0.459 e. The lowest BCUT2D eigenvalue weighted by atomic mass is 10.1. The normalized spacial score (nSPS) is 11.7. The molecule has 1 N–H and O–H groups in total. The van der Waals surface area contributed by atoms with Crippen molar-refractivity contribution in [3.63, 3.8) is 0 Å². The Morgan fingerprint density at radius 1 is 1.35 bits per heavy atom. The van der Waals surface area contributed by atoms with Crippen molar-refractivity contribution in [1.82, 2.24) is 5.32 Å². The van der Waals surface area contributed by atoms with Gasteiger partial charge in [0.1, 0.15) is 11.3 Å². The summed E-state index contributed by atoms with van der Waals surface area (Å²) in [6.45, 7) is 8.74. The number of benzene rings is 1. The summed E-state index contributed by atoms with van der Waals surface area (Å²) in [6.07, 6.45) is 0. The molecule has 0 bridgehead atoms. The van der Waals surface area contributed by atoms with Gasteiger partial charge in [0.15, 0.2) is 0 Å². The van der Waals surface area contributed by atoms with Crippen molar-refractivity contribution in [2.45, 2.75) is 33.9 Å². The molecule has 0 spiro atoms. The second-order valence-electron chi connectivity index (χ2n) is 5.53. The van der Waals surface area contributed by atoms with Crippen molar-refractivity contribution < 1.29 is 9.15 Å². The molecule has 0 atom stereocenters. The highest BCUT2D eigenvalue weighted by molar-refractivity contribution is 9.10. The van der Waals surface area contributed by atoms with Crippen molar-refractivity contribution in [2.24, 2.45) is 5.92 Å². The van der Waals surface area contributed by atoms with E-state index in [0.29, 0.717) is 12.5 Å². The predicted octanol–water partition coefficient (Wildman–Crippen LogP) is 4.40. The molecule has 0 saturated heterocycles. The molecule has 3 nitrogen and oxygen atoms in total. The van der Waals surface area contributed by atoms with Gasteiger partial charge in [-0.2, -0.15) is 0 Å². The van der Waals surface area contributed by atoms with E-state index in [1.165, 1.54) is 0 Å². The Morgan fingerprint density at radius 3 is 2.75 bits per heavy atom. The largest absolute Gasteiger partial charge is 0.459 e. The molecule has 0 amide bonds.